The lowest BCUT2D eigenvalue weighted by atomic mass is 10.1. The molecule has 0 amide bonds. The van der Waals surface area contributed by atoms with E-state index in [4.69, 9.17) is 11.6 Å². The SMILES string of the molecule is C[NH+](C)CCCc1ccc(Cl)cc1. The quantitative estimate of drug-likeness (QED) is 0.747. The summed E-state index contributed by atoms with van der Waals surface area (Å²) in [6.45, 7) is 1.22. The standard InChI is InChI=1S/C11H16ClN/c1-13(2)9-3-4-10-5-7-11(12)8-6-10/h5-8H,3-4,9H2,1-2H3/p+1. The number of hydrogen-bond donors (Lipinski definition) is 1. The van der Waals surface area contributed by atoms with Gasteiger partial charge < -0.3 is 4.90 Å². The first-order valence-corrected chi connectivity index (χ1v) is 5.10. The van der Waals surface area contributed by atoms with Crippen LogP contribution in [0.3, 0.4) is 0 Å². The third-order valence-electron chi connectivity index (χ3n) is 2.06. The van der Waals surface area contributed by atoms with E-state index in [9.17, 15) is 0 Å². The number of quaternary nitrogens is 1. The van der Waals surface area contributed by atoms with Crippen molar-refractivity contribution in [3.05, 3.63) is 34.9 Å². The van der Waals surface area contributed by atoms with Crippen molar-refractivity contribution in [2.24, 2.45) is 0 Å². The van der Waals surface area contributed by atoms with Crippen LogP contribution in [0, 0.1) is 0 Å². The number of halogens is 1. The molecule has 0 aliphatic heterocycles. The molecule has 0 aliphatic carbocycles. The van der Waals surface area contributed by atoms with Gasteiger partial charge in [-0.15, -0.1) is 0 Å². The summed E-state index contributed by atoms with van der Waals surface area (Å²) in [5.41, 5.74) is 1.38. The molecule has 0 aromatic heterocycles. The summed E-state index contributed by atoms with van der Waals surface area (Å²) in [7, 11) is 4.36. The minimum Gasteiger partial charge on any atom is -0.340 e. The lowest BCUT2D eigenvalue weighted by Gasteiger charge is -2.06. The van der Waals surface area contributed by atoms with Gasteiger partial charge in [0.2, 0.25) is 0 Å². The number of rotatable bonds is 4. The average molecular weight is 199 g/mol. The molecule has 0 radical (unpaired) electrons. The highest BCUT2D eigenvalue weighted by Crippen LogP contribution is 2.10. The van der Waals surface area contributed by atoms with E-state index in [1.54, 1.807) is 0 Å². The van der Waals surface area contributed by atoms with Crippen LogP contribution in [0.1, 0.15) is 12.0 Å². The van der Waals surface area contributed by atoms with Gasteiger partial charge in [0.15, 0.2) is 0 Å². The third-order valence-corrected chi connectivity index (χ3v) is 2.31. The van der Waals surface area contributed by atoms with Crippen LogP contribution in [-0.2, 0) is 6.42 Å². The van der Waals surface area contributed by atoms with E-state index in [1.807, 2.05) is 12.1 Å². The summed E-state index contributed by atoms with van der Waals surface area (Å²) in [6.07, 6.45) is 2.40. The van der Waals surface area contributed by atoms with Gasteiger partial charge in [-0.3, -0.25) is 0 Å². The molecule has 0 bridgehead atoms. The van der Waals surface area contributed by atoms with Gasteiger partial charge in [0.1, 0.15) is 0 Å². The minimum atomic E-state index is 0.821. The summed E-state index contributed by atoms with van der Waals surface area (Å²) >= 11 is 5.79. The van der Waals surface area contributed by atoms with Gasteiger partial charge in [-0.25, -0.2) is 0 Å². The Morgan fingerprint density at radius 2 is 1.77 bits per heavy atom. The zero-order chi connectivity index (χ0) is 9.68. The molecule has 0 unspecified atom stereocenters. The van der Waals surface area contributed by atoms with E-state index in [0.717, 1.165) is 11.4 Å². The number of benzene rings is 1. The molecule has 1 nitrogen and oxygen atoms in total. The highest BCUT2D eigenvalue weighted by molar-refractivity contribution is 6.30. The molecule has 0 fully saturated rings. The van der Waals surface area contributed by atoms with Crippen LogP contribution < -0.4 is 4.90 Å². The van der Waals surface area contributed by atoms with Crippen LogP contribution in [0.25, 0.3) is 0 Å². The van der Waals surface area contributed by atoms with Crippen molar-refractivity contribution in [1.29, 1.82) is 0 Å². The summed E-state index contributed by atoms with van der Waals surface area (Å²) in [5, 5.41) is 0.821. The maximum Gasteiger partial charge on any atom is 0.0770 e. The summed E-state index contributed by atoms with van der Waals surface area (Å²) in [6, 6.07) is 8.12. The highest BCUT2D eigenvalue weighted by Gasteiger charge is 1.96. The maximum absolute atomic E-state index is 5.79. The Bertz CT molecular complexity index is 241. The van der Waals surface area contributed by atoms with Gasteiger partial charge in [0.25, 0.3) is 0 Å². The van der Waals surface area contributed by atoms with Gasteiger partial charge in [-0.05, 0) is 24.1 Å². The topological polar surface area (TPSA) is 4.44 Å². The van der Waals surface area contributed by atoms with Gasteiger partial charge in [-0.2, -0.15) is 0 Å². The first-order chi connectivity index (χ1) is 6.18. The third kappa shape index (κ3) is 4.30. The Balaban J connectivity index is 2.33. The minimum absolute atomic E-state index is 0.821. The van der Waals surface area contributed by atoms with Crippen LogP contribution >= 0.6 is 11.6 Å². The Hall–Kier alpha value is -0.530. The second kappa shape index (κ2) is 5.25. The molecule has 1 N–H and O–H groups in total. The molecular formula is C11H17ClN+. The number of nitrogens with one attached hydrogen (secondary N) is 1. The van der Waals surface area contributed by atoms with Crippen molar-refractivity contribution in [3.8, 4) is 0 Å². The fraction of sp³-hybridized carbons (Fsp3) is 0.455. The summed E-state index contributed by atoms with van der Waals surface area (Å²) in [4.78, 5) is 1.51. The fourth-order valence-corrected chi connectivity index (χ4v) is 1.42. The molecule has 13 heavy (non-hydrogen) atoms. The molecule has 0 spiro atoms. The zero-order valence-electron chi connectivity index (χ0n) is 8.31. The van der Waals surface area contributed by atoms with E-state index >= 15 is 0 Å². The summed E-state index contributed by atoms with van der Waals surface area (Å²) < 4.78 is 0. The van der Waals surface area contributed by atoms with Gasteiger partial charge in [-0.1, -0.05) is 23.7 Å². The van der Waals surface area contributed by atoms with Crippen LogP contribution in [0.5, 0.6) is 0 Å². The second-order valence-electron chi connectivity index (χ2n) is 3.69. The number of aryl methyl sites for hydroxylation is 1. The first-order valence-electron chi connectivity index (χ1n) is 4.72. The van der Waals surface area contributed by atoms with Gasteiger partial charge in [0, 0.05) is 11.4 Å². The van der Waals surface area contributed by atoms with Crippen LogP contribution in [0.4, 0.5) is 0 Å². The van der Waals surface area contributed by atoms with Crippen LogP contribution in [-0.4, -0.2) is 20.6 Å². The number of hydrogen-bond acceptors (Lipinski definition) is 0. The van der Waals surface area contributed by atoms with E-state index < -0.39 is 0 Å². The van der Waals surface area contributed by atoms with Crippen molar-refractivity contribution in [3.63, 3.8) is 0 Å². The molecule has 0 saturated carbocycles. The van der Waals surface area contributed by atoms with Gasteiger partial charge in [0.05, 0.1) is 20.6 Å². The van der Waals surface area contributed by atoms with Crippen LogP contribution in [0.2, 0.25) is 5.02 Å². The smallest absolute Gasteiger partial charge is 0.0770 e. The van der Waals surface area contributed by atoms with Crippen molar-refractivity contribution in [2.45, 2.75) is 12.8 Å². The van der Waals surface area contributed by atoms with Crippen LogP contribution in [0.15, 0.2) is 24.3 Å². The van der Waals surface area contributed by atoms with E-state index in [0.29, 0.717) is 0 Å². The molecular weight excluding hydrogens is 182 g/mol. The molecule has 0 atom stereocenters. The predicted molar refractivity (Wildman–Crippen MR) is 57.5 cm³/mol. The predicted octanol–water partition coefficient (Wildman–Crippen LogP) is 1.42. The molecule has 2 heteroatoms. The normalized spacial score (nSPS) is 10.8. The first kappa shape index (κ1) is 10.6. The maximum atomic E-state index is 5.79. The molecule has 72 valence electrons. The van der Waals surface area contributed by atoms with E-state index in [-0.39, 0.29) is 0 Å². The fourth-order valence-electron chi connectivity index (χ4n) is 1.30. The van der Waals surface area contributed by atoms with Crippen molar-refractivity contribution in [2.75, 3.05) is 20.6 Å². The zero-order valence-corrected chi connectivity index (χ0v) is 9.06. The molecule has 1 aromatic carbocycles. The molecule has 1 rings (SSSR count). The average Bonchev–Trinajstić information content (AvgIpc) is 2.08. The molecule has 0 heterocycles. The lowest BCUT2D eigenvalue weighted by molar-refractivity contribution is -0.858. The van der Waals surface area contributed by atoms with Crippen molar-refractivity contribution >= 4 is 11.6 Å². The Morgan fingerprint density at radius 3 is 2.31 bits per heavy atom. The van der Waals surface area contributed by atoms with Gasteiger partial charge >= 0.3 is 0 Å². The van der Waals surface area contributed by atoms with Crippen molar-refractivity contribution in [1.82, 2.24) is 0 Å². The highest BCUT2D eigenvalue weighted by atomic mass is 35.5. The monoisotopic (exact) mass is 198 g/mol. The van der Waals surface area contributed by atoms with Crippen molar-refractivity contribution < 1.29 is 4.90 Å². The summed E-state index contributed by atoms with van der Waals surface area (Å²) in [5.74, 6) is 0. The Kier molecular flexibility index (Phi) is 4.26. The van der Waals surface area contributed by atoms with E-state index in [2.05, 4.69) is 26.2 Å². The Labute approximate surface area is 85.3 Å². The van der Waals surface area contributed by atoms with E-state index in [1.165, 1.54) is 23.4 Å². The Morgan fingerprint density at radius 1 is 1.15 bits per heavy atom. The molecule has 1 aromatic rings. The molecule has 0 aliphatic rings. The second-order valence-corrected chi connectivity index (χ2v) is 4.12. The largest absolute Gasteiger partial charge is 0.340 e. The lowest BCUT2D eigenvalue weighted by Crippen LogP contribution is -3.05. The molecule has 0 saturated heterocycles.